The molecule has 0 atom stereocenters. The Morgan fingerprint density at radius 3 is 2.95 bits per heavy atom. The van der Waals surface area contributed by atoms with E-state index < -0.39 is 0 Å². The fourth-order valence-electron chi connectivity index (χ4n) is 2.13. The molecule has 0 saturated heterocycles. The van der Waals surface area contributed by atoms with Gasteiger partial charge in [0.25, 0.3) is 0 Å². The van der Waals surface area contributed by atoms with Crippen LogP contribution in [0.3, 0.4) is 0 Å². The summed E-state index contributed by atoms with van der Waals surface area (Å²) < 4.78 is 3.79. The number of halogens is 1. The number of hydrogen-bond acceptors (Lipinski definition) is 4. The van der Waals surface area contributed by atoms with Gasteiger partial charge in [-0.15, -0.1) is 10.2 Å². The van der Waals surface area contributed by atoms with E-state index in [0.717, 1.165) is 23.3 Å². The molecule has 1 aromatic carbocycles. The van der Waals surface area contributed by atoms with Crippen LogP contribution in [0.4, 0.5) is 5.95 Å². The molecule has 0 radical (unpaired) electrons. The predicted octanol–water partition coefficient (Wildman–Crippen LogP) is 1.64. The van der Waals surface area contributed by atoms with E-state index in [9.17, 15) is 0 Å². The molecule has 2 heterocycles. The van der Waals surface area contributed by atoms with E-state index in [4.69, 9.17) is 17.3 Å². The van der Waals surface area contributed by atoms with E-state index in [-0.39, 0.29) is 0 Å². The Balaban J connectivity index is 1.97. The zero-order chi connectivity index (χ0) is 13.4. The SMILES string of the molecule is Cn1cnnc1CCn1c(N)nc2cccc(Cl)c21. The third-order valence-electron chi connectivity index (χ3n) is 3.11. The Kier molecular flexibility index (Phi) is 2.87. The van der Waals surface area contributed by atoms with E-state index in [1.807, 2.05) is 34.4 Å². The second-order valence-corrected chi connectivity index (χ2v) is 4.74. The molecule has 0 unspecified atom stereocenters. The Labute approximate surface area is 114 Å². The minimum absolute atomic E-state index is 0.463. The zero-order valence-electron chi connectivity index (χ0n) is 10.4. The van der Waals surface area contributed by atoms with Crippen molar-refractivity contribution in [3.63, 3.8) is 0 Å². The Hall–Kier alpha value is -2.08. The first-order valence-electron chi connectivity index (χ1n) is 5.90. The molecule has 7 heteroatoms. The molecule has 2 aromatic heterocycles. The maximum Gasteiger partial charge on any atom is 0.201 e. The molecule has 3 rings (SSSR count). The molecule has 2 N–H and O–H groups in total. The average molecular weight is 277 g/mol. The number of aromatic nitrogens is 5. The van der Waals surface area contributed by atoms with Crippen LogP contribution in [-0.2, 0) is 20.0 Å². The van der Waals surface area contributed by atoms with Crippen LogP contribution >= 0.6 is 11.6 Å². The summed E-state index contributed by atoms with van der Waals surface area (Å²) in [6.45, 7) is 0.665. The summed E-state index contributed by atoms with van der Waals surface area (Å²) in [4.78, 5) is 4.31. The van der Waals surface area contributed by atoms with E-state index in [1.54, 1.807) is 6.33 Å². The van der Waals surface area contributed by atoms with Crippen molar-refractivity contribution in [1.82, 2.24) is 24.3 Å². The first-order chi connectivity index (χ1) is 9.16. The molecular formula is C12H13ClN6. The second kappa shape index (κ2) is 4.55. The number of hydrogen-bond donors (Lipinski definition) is 1. The van der Waals surface area contributed by atoms with E-state index in [0.29, 0.717) is 17.5 Å². The number of aryl methyl sites for hydroxylation is 3. The van der Waals surface area contributed by atoms with Gasteiger partial charge in [-0.25, -0.2) is 4.98 Å². The van der Waals surface area contributed by atoms with Gasteiger partial charge >= 0.3 is 0 Å². The smallest absolute Gasteiger partial charge is 0.201 e. The molecular weight excluding hydrogens is 264 g/mol. The molecule has 0 saturated carbocycles. The lowest BCUT2D eigenvalue weighted by Crippen LogP contribution is -2.08. The van der Waals surface area contributed by atoms with E-state index in [2.05, 4.69) is 15.2 Å². The van der Waals surface area contributed by atoms with Crippen LogP contribution in [0.25, 0.3) is 11.0 Å². The van der Waals surface area contributed by atoms with Gasteiger partial charge in [0.2, 0.25) is 5.95 Å². The summed E-state index contributed by atoms with van der Waals surface area (Å²) in [6, 6.07) is 5.60. The number of nitrogen functional groups attached to an aromatic ring is 1. The van der Waals surface area contributed by atoms with Crippen molar-refractivity contribution in [1.29, 1.82) is 0 Å². The van der Waals surface area contributed by atoms with Crippen LogP contribution < -0.4 is 5.73 Å². The van der Waals surface area contributed by atoms with Crippen LogP contribution in [0.5, 0.6) is 0 Å². The van der Waals surface area contributed by atoms with Crippen molar-refractivity contribution in [2.45, 2.75) is 13.0 Å². The fraction of sp³-hybridized carbons (Fsp3) is 0.250. The van der Waals surface area contributed by atoms with Crippen molar-refractivity contribution in [3.05, 3.63) is 35.4 Å². The molecule has 0 aliphatic rings. The summed E-state index contributed by atoms with van der Waals surface area (Å²) >= 11 is 6.22. The first-order valence-corrected chi connectivity index (χ1v) is 6.27. The number of nitrogens with zero attached hydrogens (tertiary/aromatic N) is 5. The van der Waals surface area contributed by atoms with Crippen molar-refractivity contribution in [2.75, 3.05) is 5.73 Å². The predicted molar refractivity (Wildman–Crippen MR) is 73.9 cm³/mol. The number of para-hydroxylation sites is 1. The largest absolute Gasteiger partial charge is 0.369 e. The number of anilines is 1. The van der Waals surface area contributed by atoms with Gasteiger partial charge < -0.3 is 14.9 Å². The highest BCUT2D eigenvalue weighted by atomic mass is 35.5. The molecule has 0 aliphatic heterocycles. The van der Waals surface area contributed by atoms with Gasteiger partial charge in [-0.2, -0.15) is 0 Å². The minimum atomic E-state index is 0.463. The highest BCUT2D eigenvalue weighted by Crippen LogP contribution is 2.25. The number of imidazole rings is 1. The lowest BCUT2D eigenvalue weighted by atomic mass is 10.3. The molecule has 6 nitrogen and oxygen atoms in total. The number of benzene rings is 1. The van der Waals surface area contributed by atoms with Crippen molar-refractivity contribution >= 4 is 28.6 Å². The molecule has 98 valence electrons. The fourth-order valence-corrected chi connectivity index (χ4v) is 2.40. The first kappa shape index (κ1) is 12.0. The molecule has 0 aliphatic carbocycles. The zero-order valence-corrected chi connectivity index (χ0v) is 11.2. The van der Waals surface area contributed by atoms with Gasteiger partial charge in [0.15, 0.2) is 0 Å². The maximum absolute atomic E-state index is 6.22. The Morgan fingerprint density at radius 1 is 1.37 bits per heavy atom. The summed E-state index contributed by atoms with van der Waals surface area (Å²) in [5.41, 5.74) is 7.62. The van der Waals surface area contributed by atoms with Gasteiger partial charge in [0.1, 0.15) is 12.2 Å². The minimum Gasteiger partial charge on any atom is -0.369 e. The van der Waals surface area contributed by atoms with E-state index >= 15 is 0 Å². The van der Waals surface area contributed by atoms with Crippen molar-refractivity contribution in [3.8, 4) is 0 Å². The number of nitrogens with two attached hydrogens (primary N) is 1. The van der Waals surface area contributed by atoms with Crippen LogP contribution in [0, 0.1) is 0 Å². The highest BCUT2D eigenvalue weighted by Gasteiger charge is 2.12. The molecule has 19 heavy (non-hydrogen) atoms. The molecule has 0 amide bonds. The second-order valence-electron chi connectivity index (χ2n) is 4.34. The van der Waals surface area contributed by atoms with Gasteiger partial charge in [0.05, 0.1) is 16.1 Å². The monoisotopic (exact) mass is 276 g/mol. The van der Waals surface area contributed by atoms with Crippen molar-refractivity contribution in [2.24, 2.45) is 7.05 Å². The van der Waals surface area contributed by atoms with Gasteiger partial charge in [0, 0.05) is 20.0 Å². The third-order valence-corrected chi connectivity index (χ3v) is 3.42. The molecule has 3 aromatic rings. The third kappa shape index (κ3) is 2.04. The lowest BCUT2D eigenvalue weighted by Gasteiger charge is -2.07. The summed E-state index contributed by atoms with van der Waals surface area (Å²) in [5, 5.41) is 8.56. The quantitative estimate of drug-likeness (QED) is 0.789. The van der Waals surface area contributed by atoms with Crippen LogP contribution in [0.15, 0.2) is 24.5 Å². The Bertz CT molecular complexity index is 729. The van der Waals surface area contributed by atoms with Crippen molar-refractivity contribution < 1.29 is 0 Å². The summed E-state index contributed by atoms with van der Waals surface area (Å²) in [7, 11) is 1.91. The standard InChI is InChI=1S/C12H13ClN6/c1-18-7-15-17-10(18)5-6-19-11-8(13)3-2-4-9(11)16-12(19)14/h2-4,7H,5-6H2,1H3,(H2,14,16). The van der Waals surface area contributed by atoms with Gasteiger partial charge in [-0.3, -0.25) is 0 Å². The van der Waals surface area contributed by atoms with Crippen LogP contribution in [0.1, 0.15) is 5.82 Å². The topological polar surface area (TPSA) is 74.5 Å². The number of fused-ring (bicyclic) bond motifs is 1. The normalized spacial score (nSPS) is 11.3. The van der Waals surface area contributed by atoms with Crippen LogP contribution in [-0.4, -0.2) is 24.3 Å². The maximum atomic E-state index is 6.22. The summed E-state index contributed by atoms with van der Waals surface area (Å²) in [5.74, 6) is 1.36. The van der Waals surface area contributed by atoms with Gasteiger partial charge in [-0.05, 0) is 12.1 Å². The Morgan fingerprint density at radius 2 is 2.21 bits per heavy atom. The average Bonchev–Trinajstić information content (AvgIpc) is 2.91. The van der Waals surface area contributed by atoms with Crippen LogP contribution in [0.2, 0.25) is 5.02 Å². The molecule has 0 fully saturated rings. The number of rotatable bonds is 3. The summed E-state index contributed by atoms with van der Waals surface area (Å²) in [6.07, 6.45) is 2.40. The molecule has 0 spiro atoms. The lowest BCUT2D eigenvalue weighted by molar-refractivity contribution is 0.668. The molecule has 0 bridgehead atoms. The highest BCUT2D eigenvalue weighted by molar-refractivity contribution is 6.35. The van der Waals surface area contributed by atoms with Gasteiger partial charge in [-0.1, -0.05) is 17.7 Å². The van der Waals surface area contributed by atoms with E-state index in [1.165, 1.54) is 0 Å².